The number of aromatic nitrogens is 3. The first-order valence-corrected chi connectivity index (χ1v) is 8.19. The van der Waals surface area contributed by atoms with E-state index in [0.717, 1.165) is 23.4 Å². The van der Waals surface area contributed by atoms with Crippen molar-refractivity contribution in [2.45, 2.75) is 19.4 Å². The van der Waals surface area contributed by atoms with Crippen LogP contribution in [0.4, 0.5) is 10.1 Å². The lowest BCUT2D eigenvalue weighted by Crippen LogP contribution is -2.37. The summed E-state index contributed by atoms with van der Waals surface area (Å²) in [7, 11) is 0. The minimum absolute atomic E-state index is 0.0525. The van der Waals surface area contributed by atoms with Crippen molar-refractivity contribution in [1.29, 1.82) is 0 Å². The van der Waals surface area contributed by atoms with Crippen molar-refractivity contribution in [3.63, 3.8) is 0 Å². The lowest BCUT2D eigenvalue weighted by atomic mass is 10.0. The van der Waals surface area contributed by atoms with Crippen molar-refractivity contribution < 1.29 is 9.18 Å². The molecule has 1 unspecified atom stereocenters. The minimum atomic E-state index is -0.261. The third kappa shape index (κ3) is 2.80. The van der Waals surface area contributed by atoms with Crippen LogP contribution in [0.1, 0.15) is 34.6 Å². The number of pyridine rings is 1. The number of carbonyl (C=O) groups is 1. The van der Waals surface area contributed by atoms with Gasteiger partial charge in [-0.1, -0.05) is 12.1 Å². The summed E-state index contributed by atoms with van der Waals surface area (Å²) in [6, 6.07) is 9.90. The zero-order valence-electron chi connectivity index (χ0n) is 13.8. The molecule has 0 saturated heterocycles. The van der Waals surface area contributed by atoms with Crippen LogP contribution < -0.4 is 4.90 Å². The van der Waals surface area contributed by atoms with Gasteiger partial charge in [0.2, 0.25) is 0 Å². The lowest BCUT2D eigenvalue weighted by Gasteiger charge is -2.26. The van der Waals surface area contributed by atoms with E-state index in [1.54, 1.807) is 40.2 Å². The number of hydrogen-bond donors (Lipinski definition) is 0. The molecule has 1 atom stereocenters. The van der Waals surface area contributed by atoms with Crippen LogP contribution in [0.25, 0.3) is 0 Å². The van der Waals surface area contributed by atoms with Gasteiger partial charge < -0.3 is 4.90 Å². The summed E-state index contributed by atoms with van der Waals surface area (Å²) in [5.41, 5.74) is 3.20. The van der Waals surface area contributed by atoms with Crippen LogP contribution in [-0.4, -0.2) is 27.2 Å². The highest BCUT2D eigenvalue weighted by molar-refractivity contribution is 6.07. The second-order valence-electron chi connectivity index (χ2n) is 6.11. The maximum atomic E-state index is 13.1. The zero-order chi connectivity index (χ0) is 17.4. The van der Waals surface area contributed by atoms with Crippen molar-refractivity contribution in [3.05, 3.63) is 77.6 Å². The summed E-state index contributed by atoms with van der Waals surface area (Å²) in [4.78, 5) is 18.7. The first-order chi connectivity index (χ1) is 12.1. The number of nitrogens with zero attached hydrogens (tertiary/aromatic N) is 4. The van der Waals surface area contributed by atoms with E-state index in [1.165, 1.54) is 12.1 Å². The smallest absolute Gasteiger partial charge is 0.260 e. The van der Waals surface area contributed by atoms with Gasteiger partial charge in [-0.15, -0.1) is 0 Å². The molecule has 1 aliphatic heterocycles. The summed E-state index contributed by atoms with van der Waals surface area (Å²) in [5, 5.41) is 4.39. The molecular weight excluding hydrogens is 319 g/mol. The third-order valence-corrected chi connectivity index (χ3v) is 4.59. The minimum Gasteiger partial charge on any atom is -0.305 e. The molecule has 3 heterocycles. The van der Waals surface area contributed by atoms with Crippen LogP contribution in [0.5, 0.6) is 0 Å². The van der Waals surface area contributed by atoms with Gasteiger partial charge in [-0.3, -0.25) is 14.5 Å². The lowest BCUT2D eigenvalue weighted by molar-refractivity contribution is 0.0980. The third-order valence-electron chi connectivity index (χ3n) is 4.59. The molecule has 0 N–H and O–H groups in total. The first kappa shape index (κ1) is 15.5. The van der Waals surface area contributed by atoms with Gasteiger partial charge >= 0.3 is 0 Å². The number of fused-ring (bicyclic) bond motifs is 1. The normalized spacial score (nSPS) is 15.1. The molecule has 0 fully saturated rings. The molecule has 0 radical (unpaired) electrons. The van der Waals surface area contributed by atoms with E-state index in [2.05, 4.69) is 10.1 Å². The number of amides is 1. The maximum absolute atomic E-state index is 13.1. The second kappa shape index (κ2) is 6.12. The Morgan fingerprint density at radius 1 is 1.20 bits per heavy atom. The van der Waals surface area contributed by atoms with Gasteiger partial charge in [0.25, 0.3) is 5.91 Å². The molecule has 1 aromatic carbocycles. The fraction of sp³-hybridized carbons (Fsp3) is 0.211. The van der Waals surface area contributed by atoms with E-state index < -0.39 is 0 Å². The Hall–Kier alpha value is -3.02. The number of halogens is 1. The fourth-order valence-corrected chi connectivity index (χ4v) is 3.12. The zero-order valence-corrected chi connectivity index (χ0v) is 13.8. The largest absolute Gasteiger partial charge is 0.305 e. The fourth-order valence-electron chi connectivity index (χ4n) is 3.12. The molecule has 5 nitrogen and oxygen atoms in total. The second-order valence-corrected chi connectivity index (χ2v) is 6.11. The van der Waals surface area contributed by atoms with E-state index in [1.807, 2.05) is 19.2 Å². The Morgan fingerprint density at radius 3 is 2.80 bits per heavy atom. The number of rotatable bonds is 3. The molecule has 2 aromatic heterocycles. The van der Waals surface area contributed by atoms with Crippen LogP contribution >= 0.6 is 0 Å². The molecule has 25 heavy (non-hydrogen) atoms. The summed E-state index contributed by atoms with van der Waals surface area (Å²) in [5.74, 6) is -0.313. The number of anilines is 1. The summed E-state index contributed by atoms with van der Waals surface area (Å²) in [6.07, 6.45) is 5.98. The Balaban J connectivity index is 1.59. The molecule has 4 rings (SSSR count). The topological polar surface area (TPSA) is 51.0 Å². The molecule has 1 amide bonds. The monoisotopic (exact) mass is 336 g/mol. The standard InChI is InChI=1S/C19H17FN4O/c1-13(14-4-6-15(20)7-5-14)24-12-16(11-22-24)23-10-8-18-17(19(23)25)3-2-9-21-18/h2-7,9,11-13H,8,10H2,1H3. The Kier molecular flexibility index (Phi) is 3.80. The highest BCUT2D eigenvalue weighted by Crippen LogP contribution is 2.25. The molecule has 0 bridgehead atoms. The SMILES string of the molecule is CC(c1ccc(F)cc1)n1cc(N2CCc3ncccc3C2=O)cn1. The summed E-state index contributed by atoms with van der Waals surface area (Å²) < 4.78 is 14.9. The van der Waals surface area contributed by atoms with Crippen molar-refractivity contribution in [3.8, 4) is 0 Å². The van der Waals surface area contributed by atoms with Crippen molar-refractivity contribution in [1.82, 2.24) is 14.8 Å². The predicted molar refractivity (Wildman–Crippen MR) is 92.1 cm³/mol. The van der Waals surface area contributed by atoms with Gasteiger partial charge in [0.1, 0.15) is 5.82 Å². The molecular formula is C19H17FN4O. The van der Waals surface area contributed by atoms with Gasteiger partial charge in [-0.25, -0.2) is 4.39 Å². The van der Waals surface area contributed by atoms with E-state index in [4.69, 9.17) is 0 Å². The van der Waals surface area contributed by atoms with Crippen LogP contribution in [0.2, 0.25) is 0 Å². The van der Waals surface area contributed by atoms with Gasteiger partial charge in [0.05, 0.1) is 29.2 Å². The Bertz CT molecular complexity index is 919. The highest BCUT2D eigenvalue weighted by Gasteiger charge is 2.27. The van der Waals surface area contributed by atoms with Crippen LogP contribution in [0.15, 0.2) is 55.0 Å². The van der Waals surface area contributed by atoms with Gasteiger partial charge in [0, 0.05) is 25.4 Å². The van der Waals surface area contributed by atoms with Crippen molar-refractivity contribution in [2.75, 3.05) is 11.4 Å². The van der Waals surface area contributed by atoms with Crippen LogP contribution in [0, 0.1) is 5.82 Å². The molecule has 0 aliphatic carbocycles. The molecule has 6 heteroatoms. The van der Waals surface area contributed by atoms with E-state index >= 15 is 0 Å². The summed E-state index contributed by atoms with van der Waals surface area (Å²) in [6.45, 7) is 2.57. The molecule has 0 spiro atoms. The quantitative estimate of drug-likeness (QED) is 0.738. The molecule has 1 aliphatic rings. The van der Waals surface area contributed by atoms with E-state index in [-0.39, 0.29) is 17.8 Å². The van der Waals surface area contributed by atoms with Crippen molar-refractivity contribution in [2.24, 2.45) is 0 Å². The van der Waals surface area contributed by atoms with E-state index in [9.17, 15) is 9.18 Å². The Labute approximate surface area is 144 Å². The molecule has 3 aromatic rings. The van der Waals surface area contributed by atoms with Crippen LogP contribution in [-0.2, 0) is 6.42 Å². The molecule has 0 saturated carbocycles. The average Bonchev–Trinajstić information content (AvgIpc) is 3.12. The summed E-state index contributed by atoms with van der Waals surface area (Å²) >= 11 is 0. The predicted octanol–water partition coefficient (Wildman–Crippen LogP) is 3.23. The Morgan fingerprint density at radius 2 is 2.00 bits per heavy atom. The molecule has 126 valence electrons. The number of benzene rings is 1. The van der Waals surface area contributed by atoms with Crippen molar-refractivity contribution >= 4 is 11.6 Å². The number of hydrogen-bond acceptors (Lipinski definition) is 3. The maximum Gasteiger partial charge on any atom is 0.260 e. The average molecular weight is 336 g/mol. The van der Waals surface area contributed by atoms with Gasteiger partial charge in [0.15, 0.2) is 0 Å². The van der Waals surface area contributed by atoms with Gasteiger partial charge in [-0.05, 0) is 36.8 Å². The highest BCUT2D eigenvalue weighted by atomic mass is 19.1. The van der Waals surface area contributed by atoms with Crippen LogP contribution in [0.3, 0.4) is 0 Å². The van der Waals surface area contributed by atoms with Gasteiger partial charge in [-0.2, -0.15) is 5.10 Å². The van der Waals surface area contributed by atoms with E-state index in [0.29, 0.717) is 12.1 Å². The first-order valence-electron chi connectivity index (χ1n) is 8.19. The number of carbonyl (C=O) groups excluding carboxylic acids is 1.